The van der Waals surface area contributed by atoms with Crippen LogP contribution in [0.4, 0.5) is 5.69 Å². The maximum absolute atomic E-state index is 11.8. The maximum atomic E-state index is 11.8. The van der Waals surface area contributed by atoms with E-state index in [1.807, 2.05) is 0 Å². The summed E-state index contributed by atoms with van der Waals surface area (Å²) < 4.78 is 22.6. The molecule has 0 saturated heterocycles. The van der Waals surface area contributed by atoms with Crippen molar-refractivity contribution in [3.63, 3.8) is 0 Å². The predicted octanol–water partition coefficient (Wildman–Crippen LogP) is 2.97. The maximum Gasteiger partial charge on any atom is 0.261 e. The Morgan fingerprint density at radius 2 is 1.84 bits per heavy atom. The van der Waals surface area contributed by atoms with E-state index in [2.05, 4.69) is 5.32 Å². The van der Waals surface area contributed by atoms with Crippen molar-refractivity contribution >= 4 is 31.3 Å². The Morgan fingerprint density at radius 1 is 1.32 bits per heavy atom. The molecule has 0 aliphatic heterocycles. The van der Waals surface area contributed by atoms with Crippen LogP contribution in [0.2, 0.25) is 0 Å². The molecule has 0 atom stereocenters. The minimum Gasteiger partial charge on any atom is -0.326 e. The average Bonchev–Trinajstić information content (AvgIpc) is 3.05. The molecule has 1 amide bonds. The number of nitrogens with one attached hydrogen (secondary N) is 1. The second kappa shape index (κ2) is 5.13. The third kappa shape index (κ3) is 3.70. The topological polar surface area (TPSA) is 63.2 Å². The van der Waals surface area contributed by atoms with Gasteiger partial charge >= 0.3 is 0 Å². The molecule has 4 nitrogen and oxygen atoms in total. The molecule has 0 spiro atoms. The van der Waals surface area contributed by atoms with Crippen LogP contribution < -0.4 is 5.32 Å². The van der Waals surface area contributed by atoms with E-state index < -0.39 is 9.05 Å². The Balaban J connectivity index is 2.23. The minimum atomic E-state index is -3.74. The first-order valence-corrected chi connectivity index (χ1v) is 8.44. The van der Waals surface area contributed by atoms with E-state index >= 15 is 0 Å². The van der Waals surface area contributed by atoms with Crippen LogP contribution in [0.5, 0.6) is 0 Å². The second-order valence-electron chi connectivity index (χ2n) is 5.07. The Kier molecular flexibility index (Phi) is 3.87. The van der Waals surface area contributed by atoms with E-state index in [-0.39, 0.29) is 10.8 Å². The molecule has 6 heteroatoms. The summed E-state index contributed by atoms with van der Waals surface area (Å²) in [4.78, 5) is 11.9. The number of hydrogen-bond donors (Lipinski definition) is 1. The number of amides is 1. The first-order chi connectivity index (χ1) is 8.77. The lowest BCUT2D eigenvalue weighted by atomic mass is 10.1. The van der Waals surface area contributed by atoms with Crippen LogP contribution in [0, 0.1) is 19.8 Å². The van der Waals surface area contributed by atoms with E-state index in [4.69, 9.17) is 10.7 Å². The largest absolute Gasteiger partial charge is 0.326 e. The third-order valence-electron chi connectivity index (χ3n) is 3.22. The first kappa shape index (κ1) is 14.3. The summed E-state index contributed by atoms with van der Waals surface area (Å²) in [5.41, 5.74) is 2.07. The van der Waals surface area contributed by atoms with Gasteiger partial charge in [-0.3, -0.25) is 4.79 Å². The Hall–Kier alpha value is -1.07. The normalized spacial score (nSPS) is 15.3. The SMILES string of the molecule is Cc1cc(S(=O)(=O)Cl)cc(C)c1NC(=O)CC1CC1. The quantitative estimate of drug-likeness (QED) is 0.870. The van der Waals surface area contributed by atoms with Crippen molar-refractivity contribution in [1.82, 2.24) is 0 Å². The van der Waals surface area contributed by atoms with Gasteiger partial charge in [-0.2, -0.15) is 0 Å². The van der Waals surface area contributed by atoms with Crippen molar-refractivity contribution in [2.24, 2.45) is 5.92 Å². The Morgan fingerprint density at radius 3 is 2.26 bits per heavy atom. The Bertz CT molecular complexity index is 598. The first-order valence-electron chi connectivity index (χ1n) is 6.13. The zero-order valence-corrected chi connectivity index (χ0v) is 12.4. The van der Waals surface area contributed by atoms with Crippen LogP contribution in [0.1, 0.15) is 30.4 Å². The highest BCUT2D eigenvalue weighted by molar-refractivity contribution is 8.13. The van der Waals surface area contributed by atoms with Crippen LogP contribution in [0.25, 0.3) is 0 Å². The molecule has 0 radical (unpaired) electrons. The summed E-state index contributed by atoms with van der Waals surface area (Å²) in [7, 11) is 1.58. The molecular weight excluding hydrogens is 286 g/mol. The van der Waals surface area contributed by atoms with Crippen LogP contribution >= 0.6 is 10.7 Å². The molecule has 0 unspecified atom stereocenters. The molecule has 2 rings (SSSR count). The number of benzene rings is 1. The van der Waals surface area contributed by atoms with Gasteiger partial charge in [0.2, 0.25) is 5.91 Å². The molecule has 1 aliphatic rings. The molecule has 19 heavy (non-hydrogen) atoms. The standard InChI is InChI=1S/C13H16ClNO3S/c1-8-5-11(19(14,17)18)6-9(2)13(8)15-12(16)7-10-3-4-10/h5-6,10H,3-4,7H2,1-2H3,(H,15,16). The number of carbonyl (C=O) groups is 1. The summed E-state index contributed by atoms with van der Waals surface area (Å²) in [6.07, 6.45) is 2.78. The fourth-order valence-corrected chi connectivity index (χ4v) is 2.94. The molecule has 0 bridgehead atoms. The summed E-state index contributed by atoms with van der Waals surface area (Å²) in [5.74, 6) is 0.498. The summed E-state index contributed by atoms with van der Waals surface area (Å²) in [5, 5.41) is 2.85. The van der Waals surface area contributed by atoms with Crippen molar-refractivity contribution in [3.8, 4) is 0 Å². The van der Waals surface area contributed by atoms with Gasteiger partial charge < -0.3 is 5.32 Å². The van der Waals surface area contributed by atoms with Gasteiger partial charge in [0.25, 0.3) is 9.05 Å². The monoisotopic (exact) mass is 301 g/mol. The fraction of sp³-hybridized carbons (Fsp3) is 0.462. The number of rotatable bonds is 4. The van der Waals surface area contributed by atoms with Gasteiger partial charge in [-0.1, -0.05) is 0 Å². The van der Waals surface area contributed by atoms with Crippen molar-refractivity contribution in [3.05, 3.63) is 23.3 Å². The summed E-state index contributed by atoms with van der Waals surface area (Å²) >= 11 is 0. The average molecular weight is 302 g/mol. The van der Waals surface area contributed by atoms with E-state index in [0.29, 0.717) is 29.2 Å². The third-order valence-corrected chi connectivity index (χ3v) is 4.56. The molecule has 0 heterocycles. The fourth-order valence-electron chi connectivity index (χ4n) is 2.04. The number of aryl methyl sites for hydroxylation is 2. The highest BCUT2D eigenvalue weighted by Crippen LogP contribution is 2.33. The highest BCUT2D eigenvalue weighted by atomic mass is 35.7. The van der Waals surface area contributed by atoms with Gasteiger partial charge in [0.1, 0.15) is 0 Å². The summed E-state index contributed by atoms with van der Waals surface area (Å²) in [6.45, 7) is 3.51. The molecule has 1 aromatic carbocycles. The molecule has 0 aromatic heterocycles. The molecule has 1 aliphatic carbocycles. The van der Waals surface area contributed by atoms with E-state index in [1.54, 1.807) is 13.8 Å². The number of carbonyl (C=O) groups excluding carboxylic acids is 1. The van der Waals surface area contributed by atoms with Crippen molar-refractivity contribution < 1.29 is 13.2 Å². The lowest BCUT2D eigenvalue weighted by Crippen LogP contribution is -2.14. The zero-order valence-electron chi connectivity index (χ0n) is 10.9. The molecule has 1 N–H and O–H groups in total. The van der Waals surface area contributed by atoms with Gasteiger partial charge in [-0.15, -0.1) is 0 Å². The van der Waals surface area contributed by atoms with Gasteiger partial charge in [-0.25, -0.2) is 8.42 Å². The summed E-state index contributed by atoms with van der Waals surface area (Å²) in [6, 6.07) is 2.95. The van der Waals surface area contributed by atoms with Crippen molar-refractivity contribution in [2.45, 2.75) is 38.0 Å². The van der Waals surface area contributed by atoms with Gasteiger partial charge in [0.15, 0.2) is 0 Å². The van der Waals surface area contributed by atoms with Crippen LogP contribution in [0.15, 0.2) is 17.0 Å². The van der Waals surface area contributed by atoms with Crippen molar-refractivity contribution in [2.75, 3.05) is 5.32 Å². The van der Waals surface area contributed by atoms with E-state index in [9.17, 15) is 13.2 Å². The lowest BCUT2D eigenvalue weighted by molar-refractivity contribution is -0.116. The molecular formula is C13H16ClNO3S. The molecule has 1 fully saturated rings. The van der Waals surface area contributed by atoms with E-state index in [0.717, 1.165) is 12.8 Å². The van der Waals surface area contributed by atoms with Crippen LogP contribution in [0.3, 0.4) is 0 Å². The molecule has 1 aromatic rings. The minimum absolute atomic E-state index is 0.0184. The number of anilines is 1. The van der Waals surface area contributed by atoms with Crippen molar-refractivity contribution in [1.29, 1.82) is 0 Å². The van der Waals surface area contributed by atoms with Crippen LogP contribution in [-0.4, -0.2) is 14.3 Å². The van der Waals surface area contributed by atoms with Gasteiger partial charge in [-0.05, 0) is 55.9 Å². The molecule has 1 saturated carbocycles. The molecule has 104 valence electrons. The van der Waals surface area contributed by atoms with E-state index in [1.165, 1.54) is 12.1 Å². The van der Waals surface area contributed by atoms with Gasteiger partial charge in [0, 0.05) is 22.8 Å². The predicted molar refractivity (Wildman–Crippen MR) is 74.9 cm³/mol. The van der Waals surface area contributed by atoms with Crippen LogP contribution in [-0.2, 0) is 13.8 Å². The lowest BCUT2D eigenvalue weighted by Gasteiger charge is -2.13. The smallest absolute Gasteiger partial charge is 0.261 e. The number of hydrogen-bond acceptors (Lipinski definition) is 3. The van der Waals surface area contributed by atoms with Gasteiger partial charge in [0.05, 0.1) is 4.90 Å². The highest BCUT2D eigenvalue weighted by Gasteiger charge is 2.25. The Labute approximate surface area is 117 Å². The zero-order chi connectivity index (χ0) is 14.2. The second-order valence-corrected chi connectivity index (χ2v) is 7.63. The number of halogens is 1.